The van der Waals surface area contributed by atoms with Crippen LogP contribution in [0.15, 0.2) is 85.1 Å². The molecule has 5 rings (SSSR count). The summed E-state index contributed by atoms with van der Waals surface area (Å²) in [6.45, 7) is 2.40. The molecule has 1 aliphatic rings. The first-order valence-corrected chi connectivity index (χ1v) is 11.1. The molecule has 3 aromatic carbocycles. The summed E-state index contributed by atoms with van der Waals surface area (Å²) in [4.78, 5) is 15.5. The normalized spacial score (nSPS) is 15.0. The lowest BCUT2D eigenvalue weighted by Gasteiger charge is -2.31. The van der Waals surface area contributed by atoms with Gasteiger partial charge in [-0.25, -0.2) is 4.79 Å². The van der Waals surface area contributed by atoms with Crippen LogP contribution in [0, 0.1) is 6.92 Å². The topological polar surface area (TPSA) is 37.3 Å². The van der Waals surface area contributed by atoms with E-state index in [1.807, 2.05) is 84.8 Å². The number of aromatic nitrogens is 1. The fourth-order valence-electron chi connectivity index (χ4n) is 4.28. The van der Waals surface area contributed by atoms with Crippen LogP contribution in [0.4, 0.5) is 10.5 Å². The number of carbonyl (C=O) groups excluding carboxylic acids is 1. The zero-order chi connectivity index (χ0) is 22.2. The number of nitrogens with one attached hydrogen (secondary N) is 1. The highest BCUT2D eigenvalue weighted by Gasteiger charge is 2.33. The molecule has 0 unspecified atom stereocenters. The van der Waals surface area contributed by atoms with Gasteiger partial charge in [0.1, 0.15) is 0 Å². The minimum absolute atomic E-state index is 0.231. The molecule has 0 spiro atoms. The molecular weight excluding hydrogens is 441 g/mol. The van der Waals surface area contributed by atoms with Gasteiger partial charge in [-0.1, -0.05) is 59.6 Å². The van der Waals surface area contributed by atoms with E-state index in [1.165, 1.54) is 0 Å². The van der Waals surface area contributed by atoms with Crippen LogP contribution < -0.4 is 5.32 Å². The number of aryl methyl sites for hydroxylation is 1. The Bertz CT molecular complexity index is 1310. The van der Waals surface area contributed by atoms with Gasteiger partial charge in [-0.3, -0.25) is 0 Å². The Hall–Kier alpha value is -3.21. The standard InChI is InChI=1S/C26H21Cl2N3O/c1-17-11-12-22(21(28)14-17)29-26(32)31-16-19-6-2-3-9-23(19)30-13-5-10-24(30)25(31)18-7-4-8-20(27)15-18/h2-15,25H,16H2,1H3,(H,29,32)/t25-/m0/s1. The number of nitrogens with zero attached hydrogens (tertiary/aromatic N) is 2. The van der Waals surface area contributed by atoms with E-state index in [9.17, 15) is 4.79 Å². The van der Waals surface area contributed by atoms with Gasteiger partial charge in [0.25, 0.3) is 0 Å². The number of carbonyl (C=O) groups is 1. The van der Waals surface area contributed by atoms with Gasteiger partial charge in [0.15, 0.2) is 0 Å². The molecule has 4 aromatic rings. The number of hydrogen-bond acceptors (Lipinski definition) is 1. The molecule has 0 aliphatic carbocycles. The summed E-state index contributed by atoms with van der Waals surface area (Å²) in [5.74, 6) is 0. The second-order valence-electron chi connectivity index (χ2n) is 7.93. The first kappa shape index (κ1) is 20.7. The van der Waals surface area contributed by atoms with Crippen LogP contribution in [-0.2, 0) is 6.54 Å². The third-order valence-corrected chi connectivity index (χ3v) is 6.30. The van der Waals surface area contributed by atoms with Gasteiger partial charge in [0, 0.05) is 16.9 Å². The summed E-state index contributed by atoms with van der Waals surface area (Å²) in [5, 5.41) is 4.16. The van der Waals surface area contributed by atoms with Gasteiger partial charge in [-0.05, 0) is 66.1 Å². The second-order valence-corrected chi connectivity index (χ2v) is 8.77. The van der Waals surface area contributed by atoms with Crippen molar-refractivity contribution in [3.63, 3.8) is 0 Å². The SMILES string of the molecule is Cc1ccc(NC(=O)N2Cc3ccccc3-n3cccc3[C@@H]2c2cccc(Cl)c2)c(Cl)c1. The summed E-state index contributed by atoms with van der Waals surface area (Å²) >= 11 is 12.8. The molecule has 2 amide bonds. The van der Waals surface area contributed by atoms with E-state index in [4.69, 9.17) is 23.2 Å². The molecule has 0 radical (unpaired) electrons. The molecule has 32 heavy (non-hydrogen) atoms. The number of urea groups is 1. The largest absolute Gasteiger partial charge is 0.323 e. The maximum Gasteiger partial charge on any atom is 0.323 e. The smallest absolute Gasteiger partial charge is 0.318 e. The maximum atomic E-state index is 13.7. The van der Waals surface area contributed by atoms with Crippen LogP contribution in [0.2, 0.25) is 10.0 Å². The highest BCUT2D eigenvalue weighted by molar-refractivity contribution is 6.33. The van der Waals surface area contributed by atoms with Crippen molar-refractivity contribution < 1.29 is 4.79 Å². The molecule has 1 aromatic heterocycles. The lowest BCUT2D eigenvalue weighted by molar-refractivity contribution is 0.194. The number of fused-ring (bicyclic) bond motifs is 3. The second kappa shape index (κ2) is 8.38. The number of anilines is 1. The first-order chi connectivity index (χ1) is 15.5. The van der Waals surface area contributed by atoms with Gasteiger partial charge >= 0.3 is 6.03 Å². The molecule has 1 N–H and O–H groups in total. The van der Waals surface area contributed by atoms with Crippen molar-refractivity contribution in [1.82, 2.24) is 9.47 Å². The van der Waals surface area contributed by atoms with Crippen molar-refractivity contribution in [3.8, 4) is 5.69 Å². The summed E-state index contributed by atoms with van der Waals surface area (Å²) in [6, 6.07) is 24.9. The third kappa shape index (κ3) is 3.77. The van der Waals surface area contributed by atoms with Crippen LogP contribution in [0.5, 0.6) is 0 Å². The summed E-state index contributed by atoms with van der Waals surface area (Å²) in [7, 11) is 0. The molecule has 1 atom stereocenters. The zero-order valence-corrected chi connectivity index (χ0v) is 18.9. The number of rotatable bonds is 2. The van der Waals surface area contributed by atoms with Gasteiger partial charge in [-0.2, -0.15) is 0 Å². The van der Waals surface area contributed by atoms with E-state index >= 15 is 0 Å². The Morgan fingerprint density at radius 3 is 2.62 bits per heavy atom. The van der Waals surface area contributed by atoms with Gasteiger partial charge in [0.2, 0.25) is 0 Å². The number of para-hydroxylation sites is 1. The first-order valence-electron chi connectivity index (χ1n) is 10.4. The van der Waals surface area contributed by atoms with E-state index < -0.39 is 0 Å². The average molecular weight is 462 g/mol. The number of amides is 2. The van der Waals surface area contributed by atoms with Crippen molar-refractivity contribution in [3.05, 3.63) is 117 Å². The van der Waals surface area contributed by atoms with Crippen LogP contribution in [-0.4, -0.2) is 15.5 Å². The molecule has 160 valence electrons. The van der Waals surface area contributed by atoms with Crippen LogP contribution in [0.25, 0.3) is 5.69 Å². The van der Waals surface area contributed by atoms with Gasteiger partial charge in [-0.15, -0.1) is 0 Å². The zero-order valence-electron chi connectivity index (χ0n) is 17.4. The average Bonchev–Trinajstić information content (AvgIpc) is 3.20. The molecule has 2 heterocycles. The van der Waals surface area contributed by atoms with Gasteiger partial charge < -0.3 is 14.8 Å². The van der Waals surface area contributed by atoms with Crippen molar-refractivity contribution in [1.29, 1.82) is 0 Å². The van der Waals surface area contributed by atoms with E-state index in [0.717, 1.165) is 28.1 Å². The quantitative estimate of drug-likeness (QED) is 0.335. The van der Waals surface area contributed by atoms with Crippen LogP contribution in [0.1, 0.15) is 28.4 Å². The molecule has 0 bridgehead atoms. The van der Waals surface area contributed by atoms with E-state index in [0.29, 0.717) is 22.3 Å². The van der Waals surface area contributed by atoms with Crippen molar-refractivity contribution in [2.75, 3.05) is 5.32 Å². The minimum atomic E-state index is -0.333. The van der Waals surface area contributed by atoms with E-state index in [1.54, 1.807) is 0 Å². The Labute approximate surface area is 197 Å². The van der Waals surface area contributed by atoms with Gasteiger partial charge in [0.05, 0.1) is 29.0 Å². The van der Waals surface area contributed by atoms with E-state index in [2.05, 4.69) is 22.0 Å². The monoisotopic (exact) mass is 461 g/mol. The molecule has 0 fully saturated rings. The lowest BCUT2D eigenvalue weighted by atomic mass is 10.0. The molecular formula is C26H21Cl2N3O. The number of benzene rings is 3. The van der Waals surface area contributed by atoms with Crippen molar-refractivity contribution in [2.45, 2.75) is 19.5 Å². The number of hydrogen-bond donors (Lipinski definition) is 1. The Morgan fingerprint density at radius 2 is 1.81 bits per heavy atom. The Balaban J connectivity index is 1.64. The Morgan fingerprint density at radius 1 is 0.969 bits per heavy atom. The molecule has 4 nitrogen and oxygen atoms in total. The highest BCUT2D eigenvalue weighted by Crippen LogP contribution is 2.38. The lowest BCUT2D eigenvalue weighted by Crippen LogP contribution is -2.38. The van der Waals surface area contributed by atoms with Crippen LogP contribution in [0.3, 0.4) is 0 Å². The minimum Gasteiger partial charge on any atom is -0.318 e. The van der Waals surface area contributed by atoms with E-state index in [-0.39, 0.29) is 12.1 Å². The Kier molecular flexibility index (Phi) is 5.41. The third-order valence-electron chi connectivity index (χ3n) is 5.76. The van der Waals surface area contributed by atoms with Crippen molar-refractivity contribution in [2.24, 2.45) is 0 Å². The summed E-state index contributed by atoms with van der Waals surface area (Å²) in [5.41, 5.74) is 5.66. The molecule has 0 saturated heterocycles. The maximum absolute atomic E-state index is 13.7. The fraction of sp³-hybridized carbons (Fsp3) is 0.115. The molecule has 1 aliphatic heterocycles. The molecule has 0 saturated carbocycles. The van der Waals surface area contributed by atoms with Crippen LogP contribution >= 0.6 is 23.2 Å². The summed E-state index contributed by atoms with van der Waals surface area (Å²) < 4.78 is 2.15. The van der Waals surface area contributed by atoms with Crippen molar-refractivity contribution >= 4 is 34.9 Å². The predicted octanol–water partition coefficient (Wildman–Crippen LogP) is 7.23. The molecule has 6 heteroatoms. The predicted molar refractivity (Wildman–Crippen MR) is 130 cm³/mol. The number of halogens is 2. The fourth-order valence-corrected chi connectivity index (χ4v) is 4.76. The summed E-state index contributed by atoms with van der Waals surface area (Å²) in [6.07, 6.45) is 2.03. The highest BCUT2D eigenvalue weighted by atomic mass is 35.5.